The first kappa shape index (κ1) is 31.1. The number of likely N-dealkylation sites (N-methyl/N-ethyl adjacent to an activating group) is 1. The molecular weight excluding hydrogens is 577 g/mol. The van der Waals surface area contributed by atoms with Crippen molar-refractivity contribution in [2.24, 2.45) is 0 Å². The van der Waals surface area contributed by atoms with Gasteiger partial charge < -0.3 is 19.7 Å². The molecule has 214 valence electrons. The van der Waals surface area contributed by atoms with E-state index in [1.165, 1.54) is 32.2 Å². The molecule has 0 heterocycles. The number of benzene rings is 3. The van der Waals surface area contributed by atoms with Gasteiger partial charge in [0.2, 0.25) is 21.8 Å². The van der Waals surface area contributed by atoms with E-state index in [0.717, 1.165) is 16.1 Å². The van der Waals surface area contributed by atoms with Gasteiger partial charge in [-0.1, -0.05) is 59.6 Å². The zero-order valence-electron chi connectivity index (χ0n) is 22.6. The topological polar surface area (TPSA) is 105 Å². The Labute approximate surface area is 244 Å². The van der Waals surface area contributed by atoms with Crippen molar-refractivity contribution >= 4 is 50.7 Å². The van der Waals surface area contributed by atoms with Crippen LogP contribution in [0.5, 0.6) is 11.5 Å². The SMILES string of the molecule is CNC(=O)[C@H](Cc1ccccc1)N(Cc1ccc(Cl)c(Cl)c1)C(=O)CN(c1cc(OC)ccc1OC)S(C)(=O)=O. The van der Waals surface area contributed by atoms with E-state index in [9.17, 15) is 18.0 Å². The Morgan fingerprint density at radius 1 is 0.925 bits per heavy atom. The van der Waals surface area contributed by atoms with Crippen LogP contribution < -0.4 is 19.1 Å². The van der Waals surface area contributed by atoms with Crippen LogP contribution >= 0.6 is 23.2 Å². The second-order valence-electron chi connectivity index (χ2n) is 8.90. The second-order valence-corrected chi connectivity index (χ2v) is 11.6. The molecule has 3 aromatic carbocycles. The fraction of sp³-hybridized carbons (Fsp3) is 0.286. The number of nitrogens with zero attached hydrogens (tertiary/aromatic N) is 2. The highest BCUT2D eigenvalue weighted by atomic mass is 35.5. The van der Waals surface area contributed by atoms with Gasteiger partial charge in [0.1, 0.15) is 24.1 Å². The largest absolute Gasteiger partial charge is 0.497 e. The van der Waals surface area contributed by atoms with Crippen molar-refractivity contribution in [3.8, 4) is 11.5 Å². The minimum absolute atomic E-state index is 0.0342. The zero-order valence-corrected chi connectivity index (χ0v) is 24.9. The third-order valence-electron chi connectivity index (χ3n) is 6.19. The minimum Gasteiger partial charge on any atom is -0.497 e. The number of anilines is 1. The van der Waals surface area contributed by atoms with Gasteiger partial charge in [0.05, 0.1) is 36.2 Å². The van der Waals surface area contributed by atoms with Crippen LogP contribution in [0.25, 0.3) is 0 Å². The van der Waals surface area contributed by atoms with Crippen molar-refractivity contribution in [2.75, 3.05) is 38.4 Å². The average molecular weight is 609 g/mol. The van der Waals surface area contributed by atoms with Crippen LogP contribution in [0.1, 0.15) is 11.1 Å². The summed E-state index contributed by atoms with van der Waals surface area (Å²) in [5.74, 6) is -0.438. The van der Waals surface area contributed by atoms with Crippen LogP contribution in [-0.4, -0.2) is 65.2 Å². The molecule has 0 aromatic heterocycles. The fourth-order valence-corrected chi connectivity index (χ4v) is 5.31. The number of halogens is 2. The highest BCUT2D eigenvalue weighted by molar-refractivity contribution is 7.92. The maximum atomic E-state index is 14.0. The lowest BCUT2D eigenvalue weighted by atomic mass is 10.0. The molecule has 40 heavy (non-hydrogen) atoms. The molecule has 0 spiro atoms. The van der Waals surface area contributed by atoms with E-state index in [2.05, 4.69) is 5.32 Å². The molecule has 0 radical (unpaired) electrons. The maximum absolute atomic E-state index is 14.0. The molecule has 2 amide bonds. The molecular formula is C28H31Cl2N3O6S. The molecule has 0 bridgehead atoms. The van der Waals surface area contributed by atoms with Crippen LogP contribution in [0.4, 0.5) is 5.69 Å². The van der Waals surface area contributed by atoms with Crippen molar-refractivity contribution in [1.82, 2.24) is 10.2 Å². The molecule has 1 atom stereocenters. The van der Waals surface area contributed by atoms with Gasteiger partial charge in [-0.3, -0.25) is 13.9 Å². The lowest BCUT2D eigenvalue weighted by Gasteiger charge is -2.33. The summed E-state index contributed by atoms with van der Waals surface area (Å²) in [4.78, 5) is 28.6. The Bertz CT molecular complexity index is 1450. The lowest BCUT2D eigenvalue weighted by Crippen LogP contribution is -2.52. The summed E-state index contributed by atoms with van der Waals surface area (Å²) in [5, 5.41) is 3.25. The highest BCUT2D eigenvalue weighted by Gasteiger charge is 2.33. The number of nitrogens with one attached hydrogen (secondary N) is 1. The van der Waals surface area contributed by atoms with E-state index in [1.54, 1.807) is 30.3 Å². The normalized spacial score (nSPS) is 11.8. The highest BCUT2D eigenvalue weighted by Crippen LogP contribution is 2.34. The Balaban J connectivity index is 2.10. The predicted octanol–water partition coefficient (Wildman–Crippen LogP) is 4.16. The van der Waals surface area contributed by atoms with Gasteiger partial charge in [0.15, 0.2) is 0 Å². The van der Waals surface area contributed by atoms with Gasteiger partial charge in [0.25, 0.3) is 0 Å². The number of amides is 2. The molecule has 0 aliphatic heterocycles. The molecule has 0 aliphatic carbocycles. The molecule has 0 saturated carbocycles. The predicted molar refractivity (Wildman–Crippen MR) is 157 cm³/mol. The molecule has 3 aromatic rings. The molecule has 0 unspecified atom stereocenters. The number of hydrogen-bond acceptors (Lipinski definition) is 6. The van der Waals surface area contributed by atoms with Crippen molar-refractivity contribution in [2.45, 2.75) is 19.0 Å². The summed E-state index contributed by atoms with van der Waals surface area (Å²) in [6.07, 6.45) is 1.18. The van der Waals surface area contributed by atoms with Crippen LogP contribution in [0.15, 0.2) is 66.7 Å². The van der Waals surface area contributed by atoms with E-state index < -0.39 is 34.4 Å². The lowest BCUT2D eigenvalue weighted by molar-refractivity contribution is -0.139. The molecule has 0 saturated heterocycles. The second kappa shape index (κ2) is 13.7. The zero-order chi connectivity index (χ0) is 29.4. The van der Waals surface area contributed by atoms with Gasteiger partial charge in [-0.25, -0.2) is 8.42 Å². The van der Waals surface area contributed by atoms with Gasteiger partial charge in [0, 0.05) is 26.1 Å². The Kier molecular flexibility index (Phi) is 10.7. The van der Waals surface area contributed by atoms with Crippen LogP contribution in [-0.2, 0) is 32.6 Å². The van der Waals surface area contributed by atoms with Gasteiger partial charge in [-0.2, -0.15) is 0 Å². The molecule has 0 aliphatic rings. The van der Waals surface area contributed by atoms with E-state index >= 15 is 0 Å². The standard InChI is InChI=1S/C28H31Cl2N3O6S/c1-31-28(35)25(15-19-8-6-5-7-9-19)32(17-20-10-12-22(29)23(30)14-20)27(34)18-33(40(4,36)37)24-16-21(38-2)11-13-26(24)39-3/h5-14,16,25H,15,17-18H2,1-4H3,(H,31,35)/t25-/m0/s1. The first-order valence-corrected chi connectivity index (χ1v) is 14.8. The van der Waals surface area contributed by atoms with Gasteiger partial charge >= 0.3 is 0 Å². The summed E-state index contributed by atoms with van der Waals surface area (Å²) in [6.45, 7) is -0.639. The van der Waals surface area contributed by atoms with Gasteiger partial charge in [-0.05, 0) is 35.4 Å². The van der Waals surface area contributed by atoms with Crippen LogP contribution in [0.3, 0.4) is 0 Å². The Morgan fingerprint density at radius 3 is 2.20 bits per heavy atom. The third kappa shape index (κ3) is 7.80. The quantitative estimate of drug-likeness (QED) is 0.331. The third-order valence-corrected chi connectivity index (χ3v) is 8.05. The van der Waals surface area contributed by atoms with Crippen molar-refractivity contribution < 1.29 is 27.5 Å². The molecule has 3 rings (SSSR count). The smallest absolute Gasteiger partial charge is 0.244 e. The summed E-state index contributed by atoms with van der Waals surface area (Å²) in [6, 6.07) is 17.8. The first-order valence-electron chi connectivity index (χ1n) is 12.2. The number of hydrogen-bond donors (Lipinski definition) is 1. The van der Waals surface area contributed by atoms with Crippen molar-refractivity contribution in [3.05, 3.63) is 87.9 Å². The van der Waals surface area contributed by atoms with E-state index in [0.29, 0.717) is 16.3 Å². The van der Waals surface area contributed by atoms with E-state index in [4.69, 9.17) is 32.7 Å². The summed E-state index contributed by atoms with van der Waals surface area (Å²) in [5.41, 5.74) is 1.54. The van der Waals surface area contributed by atoms with Gasteiger partial charge in [-0.15, -0.1) is 0 Å². The molecule has 1 N–H and O–H groups in total. The monoisotopic (exact) mass is 607 g/mol. The number of ether oxygens (including phenoxy) is 2. The van der Waals surface area contributed by atoms with Crippen molar-refractivity contribution in [1.29, 1.82) is 0 Å². The summed E-state index contributed by atoms with van der Waals surface area (Å²) >= 11 is 12.3. The van der Waals surface area contributed by atoms with Crippen molar-refractivity contribution in [3.63, 3.8) is 0 Å². The average Bonchev–Trinajstić information content (AvgIpc) is 2.94. The maximum Gasteiger partial charge on any atom is 0.244 e. The summed E-state index contributed by atoms with van der Waals surface area (Å²) < 4.78 is 37.6. The number of carbonyl (C=O) groups is 2. The fourth-order valence-electron chi connectivity index (χ4n) is 4.14. The number of methoxy groups -OCH3 is 2. The Morgan fingerprint density at radius 2 is 1.62 bits per heavy atom. The van der Waals surface area contributed by atoms with E-state index in [1.807, 2.05) is 30.3 Å². The molecule has 0 fully saturated rings. The number of rotatable bonds is 12. The van der Waals surface area contributed by atoms with Crippen LogP contribution in [0, 0.1) is 0 Å². The first-order chi connectivity index (χ1) is 19.0. The Hall–Kier alpha value is -3.47. The summed E-state index contributed by atoms with van der Waals surface area (Å²) in [7, 11) is 0.327. The molecule has 9 nitrogen and oxygen atoms in total. The minimum atomic E-state index is -3.99. The van der Waals surface area contributed by atoms with Crippen LogP contribution in [0.2, 0.25) is 10.0 Å². The number of sulfonamides is 1. The van der Waals surface area contributed by atoms with E-state index in [-0.39, 0.29) is 29.4 Å². The molecule has 12 heteroatoms. The number of carbonyl (C=O) groups excluding carboxylic acids is 2.